The van der Waals surface area contributed by atoms with E-state index < -0.39 is 39.2 Å². The van der Waals surface area contributed by atoms with E-state index in [1.165, 1.54) is 56.2 Å². The van der Waals surface area contributed by atoms with Gasteiger partial charge in [-0.05, 0) is 117 Å². The third kappa shape index (κ3) is 5.53. The van der Waals surface area contributed by atoms with Crippen molar-refractivity contribution in [2.24, 2.45) is 17.8 Å². The smallest absolute Gasteiger partial charge is 0.325 e. The molecule has 0 aliphatic heterocycles. The molecule has 0 atom stereocenters. The predicted molar refractivity (Wildman–Crippen MR) is 157 cm³/mol. The van der Waals surface area contributed by atoms with Crippen LogP contribution < -0.4 is 9.62 Å². The average Bonchev–Trinajstić information content (AvgIpc) is 2.91. The zero-order chi connectivity index (χ0) is 29.9. The highest BCUT2D eigenvalue weighted by Crippen LogP contribution is 2.60. The Kier molecular flexibility index (Phi) is 7.33. The molecule has 4 saturated carbocycles. The van der Waals surface area contributed by atoms with Crippen LogP contribution in [0, 0.1) is 24.7 Å². The van der Waals surface area contributed by atoms with E-state index in [-0.39, 0.29) is 16.0 Å². The first-order chi connectivity index (χ1) is 19.8. The number of halogens is 4. The first kappa shape index (κ1) is 29.1. The summed E-state index contributed by atoms with van der Waals surface area (Å²) in [5.74, 6) is 1.70. The largest absolute Gasteiger partial charge is 0.417 e. The van der Waals surface area contributed by atoms with Gasteiger partial charge in [0.25, 0.3) is 10.0 Å². The molecule has 10 heteroatoms. The summed E-state index contributed by atoms with van der Waals surface area (Å²) in [6.45, 7) is 1.05. The van der Waals surface area contributed by atoms with E-state index in [2.05, 4.69) is 17.4 Å². The molecule has 5 nitrogen and oxygen atoms in total. The maximum Gasteiger partial charge on any atom is 0.417 e. The number of benzene rings is 3. The fourth-order valence-corrected chi connectivity index (χ4v) is 9.38. The molecular weight excluding hydrogens is 585 g/mol. The molecule has 0 saturated heterocycles. The van der Waals surface area contributed by atoms with Gasteiger partial charge < -0.3 is 5.32 Å². The zero-order valence-electron chi connectivity index (χ0n) is 23.1. The molecule has 222 valence electrons. The van der Waals surface area contributed by atoms with Gasteiger partial charge in [-0.2, -0.15) is 13.2 Å². The second-order valence-corrected chi connectivity index (χ2v) is 14.6. The lowest BCUT2D eigenvalue weighted by atomic mass is 9.48. The number of rotatable bonds is 7. The van der Waals surface area contributed by atoms with E-state index in [1.807, 2.05) is 12.1 Å². The number of hydrogen-bond donors (Lipinski definition) is 1. The maximum absolute atomic E-state index is 13.7. The van der Waals surface area contributed by atoms with Crippen molar-refractivity contribution >= 4 is 38.9 Å². The van der Waals surface area contributed by atoms with Gasteiger partial charge in [0, 0.05) is 5.69 Å². The van der Waals surface area contributed by atoms with Gasteiger partial charge in [-0.1, -0.05) is 41.4 Å². The minimum atomic E-state index is -4.81. The summed E-state index contributed by atoms with van der Waals surface area (Å²) in [7, 11) is -4.40. The molecule has 1 amide bonds. The van der Waals surface area contributed by atoms with Crippen LogP contribution in [0.3, 0.4) is 0 Å². The van der Waals surface area contributed by atoms with Crippen molar-refractivity contribution in [3.63, 3.8) is 0 Å². The third-order valence-electron chi connectivity index (χ3n) is 9.26. The molecule has 0 unspecified atom stereocenters. The van der Waals surface area contributed by atoms with E-state index in [0.717, 1.165) is 35.4 Å². The summed E-state index contributed by atoms with van der Waals surface area (Å²) in [5.41, 5.74) is 1.27. The number of anilines is 2. The molecule has 0 spiro atoms. The molecular formula is C32H32ClF3N2O3S. The molecule has 7 rings (SSSR count). The Balaban J connectivity index is 1.25. The lowest BCUT2D eigenvalue weighted by Crippen LogP contribution is -2.48. The highest BCUT2D eigenvalue weighted by Gasteiger charge is 2.51. The fraction of sp³-hybridized carbons (Fsp3) is 0.406. The van der Waals surface area contributed by atoms with Crippen molar-refractivity contribution in [3.8, 4) is 0 Å². The van der Waals surface area contributed by atoms with Gasteiger partial charge in [0.05, 0.1) is 21.2 Å². The van der Waals surface area contributed by atoms with Crippen LogP contribution in [0.5, 0.6) is 0 Å². The van der Waals surface area contributed by atoms with E-state index in [0.29, 0.717) is 16.1 Å². The standard InChI is InChI=1S/C32H32ClF3N2O3S/c1-20-2-9-27(10-3-20)42(40,41)38(26-8-11-29(33)28(15-26)32(34,35)36)19-30(39)37-25-6-4-24(5-7-25)31-16-21-12-22(17-31)14-23(13-21)18-31/h2-11,15,21-23H,12-14,16-19H2,1H3,(H,37,39). The number of amides is 1. The Morgan fingerprint density at radius 1 is 0.929 bits per heavy atom. The maximum atomic E-state index is 13.7. The van der Waals surface area contributed by atoms with Crippen molar-refractivity contribution in [1.82, 2.24) is 0 Å². The Bertz CT molecular complexity index is 1570. The van der Waals surface area contributed by atoms with Crippen LogP contribution in [0.15, 0.2) is 71.6 Å². The topological polar surface area (TPSA) is 66.5 Å². The van der Waals surface area contributed by atoms with Crippen LogP contribution in [0.2, 0.25) is 5.02 Å². The third-order valence-corrected chi connectivity index (χ3v) is 11.4. The average molecular weight is 617 g/mol. The number of aryl methyl sites for hydroxylation is 1. The van der Waals surface area contributed by atoms with Crippen molar-refractivity contribution < 1.29 is 26.4 Å². The van der Waals surface area contributed by atoms with Crippen molar-refractivity contribution in [3.05, 3.63) is 88.4 Å². The fourth-order valence-electron chi connectivity index (χ4n) is 7.74. The van der Waals surface area contributed by atoms with Crippen LogP contribution in [0.4, 0.5) is 24.5 Å². The van der Waals surface area contributed by atoms with Gasteiger partial charge in [-0.25, -0.2) is 8.42 Å². The lowest BCUT2D eigenvalue weighted by molar-refractivity contribution is -0.137. The predicted octanol–water partition coefficient (Wildman–Crippen LogP) is 7.97. The molecule has 4 aliphatic rings. The summed E-state index contributed by atoms with van der Waals surface area (Å²) in [6, 6.07) is 16.5. The zero-order valence-corrected chi connectivity index (χ0v) is 24.7. The minimum absolute atomic E-state index is 0.149. The van der Waals surface area contributed by atoms with Gasteiger partial charge in [0.1, 0.15) is 6.54 Å². The highest BCUT2D eigenvalue weighted by atomic mass is 35.5. The number of alkyl halides is 3. The van der Waals surface area contributed by atoms with E-state index in [4.69, 9.17) is 11.6 Å². The quantitative estimate of drug-likeness (QED) is 0.293. The Morgan fingerprint density at radius 2 is 1.50 bits per heavy atom. The van der Waals surface area contributed by atoms with Crippen molar-refractivity contribution in [2.75, 3.05) is 16.2 Å². The van der Waals surface area contributed by atoms with Gasteiger partial charge in [-0.3, -0.25) is 9.10 Å². The van der Waals surface area contributed by atoms with Gasteiger partial charge in [0.15, 0.2) is 0 Å². The number of carbonyl (C=O) groups excluding carboxylic acids is 1. The minimum Gasteiger partial charge on any atom is -0.325 e. The van der Waals surface area contributed by atoms with E-state index >= 15 is 0 Å². The number of hydrogen-bond acceptors (Lipinski definition) is 3. The molecule has 3 aromatic carbocycles. The number of sulfonamides is 1. The van der Waals surface area contributed by atoms with Crippen LogP contribution in [0.1, 0.15) is 55.2 Å². The first-order valence-electron chi connectivity index (χ1n) is 14.2. The summed E-state index contributed by atoms with van der Waals surface area (Å²) in [4.78, 5) is 13.1. The van der Waals surface area contributed by atoms with Crippen molar-refractivity contribution in [2.45, 2.75) is 61.9 Å². The molecule has 0 radical (unpaired) electrons. The normalized spacial score (nSPS) is 24.9. The number of nitrogens with one attached hydrogen (secondary N) is 1. The van der Waals surface area contributed by atoms with Crippen LogP contribution in [0.25, 0.3) is 0 Å². The number of carbonyl (C=O) groups is 1. The first-order valence-corrected chi connectivity index (χ1v) is 16.0. The Labute approximate surface area is 249 Å². The molecule has 0 aromatic heterocycles. The molecule has 3 aromatic rings. The van der Waals surface area contributed by atoms with Crippen LogP contribution >= 0.6 is 11.6 Å². The van der Waals surface area contributed by atoms with Gasteiger partial charge in [0.2, 0.25) is 5.91 Å². The Hall–Kier alpha value is -3.04. The second kappa shape index (κ2) is 10.6. The molecule has 0 heterocycles. The monoisotopic (exact) mass is 616 g/mol. The van der Waals surface area contributed by atoms with E-state index in [9.17, 15) is 26.4 Å². The molecule has 1 N–H and O–H groups in total. The lowest BCUT2D eigenvalue weighted by Gasteiger charge is -2.57. The molecule has 4 aliphatic carbocycles. The number of nitrogens with zero attached hydrogens (tertiary/aromatic N) is 1. The summed E-state index contributed by atoms with van der Waals surface area (Å²) in [5, 5.41) is 2.17. The highest BCUT2D eigenvalue weighted by molar-refractivity contribution is 7.92. The van der Waals surface area contributed by atoms with E-state index in [1.54, 1.807) is 19.1 Å². The molecule has 4 fully saturated rings. The summed E-state index contributed by atoms with van der Waals surface area (Å²) >= 11 is 5.79. The molecule has 4 bridgehead atoms. The van der Waals surface area contributed by atoms with Crippen LogP contribution in [-0.2, 0) is 26.4 Å². The van der Waals surface area contributed by atoms with Crippen molar-refractivity contribution in [1.29, 1.82) is 0 Å². The molecule has 42 heavy (non-hydrogen) atoms. The summed E-state index contributed by atoms with van der Waals surface area (Å²) < 4.78 is 68.9. The van der Waals surface area contributed by atoms with Gasteiger partial charge >= 0.3 is 6.18 Å². The summed E-state index contributed by atoms with van der Waals surface area (Å²) in [6.07, 6.45) is 2.83. The van der Waals surface area contributed by atoms with Gasteiger partial charge in [-0.15, -0.1) is 0 Å². The van der Waals surface area contributed by atoms with Crippen LogP contribution in [-0.4, -0.2) is 20.9 Å². The SMILES string of the molecule is Cc1ccc(S(=O)(=O)N(CC(=O)Nc2ccc(C34CC5CC(CC(C5)C3)C4)cc2)c2ccc(Cl)c(C(F)(F)F)c2)cc1. The second-order valence-electron chi connectivity index (χ2n) is 12.3. The Morgan fingerprint density at radius 3 is 2.05 bits per heavy atom.